The van der Waals surface area contributed by atoms with Gasteiger partial charge < -0.3 is 14.8 Å². The predicted octanol–water partition coefficient (Wildman–Crippen LogP) is 3.28. The Morgan fingerprint density at radius 2 is 2.00 bits per heavy atom. The van der Waals surface area contributed by atoms with Crippen LogP contribution in [0.4, 0.5) is 5.69 Å². The number of anilines is 1. The van der Waals surface area contributed by atoms with Crippen LogP contribution < -0.4 is 20.2 Å². The molecule has 0 radical (unpaired) electrons. The van der Waals surface area contributed by atoms with E-state index < -0.39 is 0 Å². The number of carbonyl (C=O) groups is 1. The van der Waals surface area contributed by atoms with Gasteiger partial charge >= 0.3 is 0 Å². The van der Waals surface area contributed by atoms with Gasteiger partial charge in [-0.1, -0.05) is 29.3 Å². The molecule has 124 valence electrons. The number of rotatable bonds is 5. The molecule has 6 nitrogen and oxygen atoms in total. The summed E-state index contributed by atoms with van der Waals surface area (Å²) >= 11 is 11.8. The Kier molecular flexibility index (Phi) is 5.08. The summed E-state index contributed by atoms with van der Waals surface area (Å²) < 4.78 is 10.5. The number of hydrogen-bond acceptors (Lipinski definition) is 5. The van der Waals surface area contributed by atoms with Gasteiger partial charge in [0.05, 0.1) is 17.8 Å². The summed E-state index contributed by atoms with van der Waals surface area (Å²) in [5, 5.41) is 7.84. The Bertz CT molecular complexity index is 796. The first-order valence-corrected chi connectivity index (χ1v) is 7.78. The van der Waals surface area contributed by atoms with Gasteiger partial charge in [-0.25, -0.2) is 5.43 Å². The molecule has 0 atom stereocenters. The van der Waals surface area contributed by atoms with Crippen molar-refractivity contribution < 1.29 is 14.3 Å². The van der Waals surface area contributed by atoms with E-state index >= 15 is 0 Å². The smallest absolute Gasteiger partial charge is 0.259 e. The fraction of sp³-hybridized carbons (Fsp3) is 0.125. The summed E-state index contributed by atoms with van der Waals surface area (Å²) in [6.45, 7) is 0.270. The molecule has 0 aromatic heterocycles. The average molecular weight is 366 g/mol. The SMILES string of the molecule is O=C(CNc1ccc2c(c1)OCO2)N/N=C\c1ccc(Cl)cc1Cl. The first-order chi connectivity index (χ1) is 11.6. The summed E-state index contributed by atoms with van der Waals surface area (Å²) in [5.74, 6) is 1.04. The molecule has 0 saturated heterocycles. The molecule has 0 fully saturated rings. The van der Waals surface area contributed by atoms with E-state index in [-0.39, 0.29) is 19.2 Å². The van der Waals surface area contributed by atoms with Crippen molar-refractivity contribution in [1.82, 2.24) is 5.43 Å². The quantitative estimate of drug-likeness (QED) is 0.629. The molecule has 1 amide bonds. The maximum absolute atomic E-state index is 11.8. The van der Waals surface area contributed by atoms with E-state index in [9.17, 15) is 4.79 Å². The second kappa shape index (κ2) is 7.42. The van der Waals surface area contributed by atoms with Crippen LogP contribution in [0, 0.1) is 0 Å². The summed E-state index contributed by atoms with van der Waals surface area (Å²) in [7, 11) is 0. The minimum absolute atomic E-state index is 0.0608. The van der Waals surface area contributed by atoms with Crippen LogP contribution in [0.1, 0.15) is 5.56 Å². The maximum atomic E-state index is 11.8. The van der Waals surface area contributed by atoms with Crippen molar-refractivity contribution >= 4 is 41.0 Å². The molecule has 0 saturated carbocycles. The second-order valence-electron chi connectivity index (χ2n) is 4.88. The number of nitrogens with zero attached hydrogens (tertiary/aromatic N) is 1. The molecular formula is C16H13Cl2N3O3. The molecule has 0 aliphatic carbocycles. The fourth-order valence-electron chi connectivity index (χ4n) is 2.01. The van der Waals surface area contributed by atoms with Gasteiger partial charge in [-0.05, 0) is 24.3 Å². The molecule has 1 aliphatic heterocycles. The van der Waals surface area contributed by atoms with E-state index in [4.69, 9.17) is 32.7 Å². The largest absolute Gasteiger partial charge is 0.454 e. The highest BCUT2D eigenvalue weighted by Gasteiger charge is 2.13. The highest BCUT2D eigenvalue weighted by Crippen LogP contribution is 2.34. The fourth-order valence-corrected chi connectivity index (χ4v) is 2.47. The monoisotopic (exact) mass is 365 g/mol. The van der Waals surface area contributed by atoms with Crippen LogP contribution in [0.25, 0.3) is 0 Å². The Morgan fingerprint density at radius 3 is 2.83 bits per heavy atom. The number of hydrogen-bond donors (Lipinski definition) is 2. The van der Waals surface area contributed by atoms with Gasteiger partial charge in [-0.15, -0.1) is 0 Å². The zero-order chi connectivity index (χ0) is 16.9. The summed E-state index contributed by atoms with van der Waals surface area (Å²) in [6, 6.07) is 10.4. The van der Waals surface area contributed by atoms with Crippen LogP contribution in [0.15, 0.2) is 41.5 Å². The predicted molar refractivity (Wildman–Crippen MR) is 93.3 cm³/mol. The van der Waals surface area contributed by atoms with Gasteiger partial charge in [0.25, 0.3) is 5.91 Å². The summed E-state index contributed by atoms with van der Waals surface area (Å²) in [4.78, 5) is 11.8. The van der Waals surface area contributed by atoms with Crippen LogP contribution in [0.5, 0.6) is 11.5 Å². The third-order valence-electron chi connectivity index (χ3n) is 3.18. The van der Waals surface area contributed by atoms with Crippen molar-refractivity contribution in [3.8, 4) is 11.5 Å². The first kappa shape index (κ1) is 16.4. The lowest BCUT2D eigenvalue weighted by Gasteiger charge is -2.06. The normalized spacial score (nSPS) is 12.4. The van der Waals surface area contributed by atoms with Crippen LogP contribution in [-0.2, 0) is 4.79 Å². The second-order valence-corrected chi connectivity index (χ2v) is 5.72. The number of fused-ring (bicyclic) bond motifs is 1. The summed E-state index contributed by atoms with van der Waals surface area (Å²) in [5.41, 5.74) is 3.82. The molecule has 2 aromatic rings. The third-order valence-corrected chi connectivity index (χ3v) is 3.74. The molecule has 2 N–H and O–H groups in total. The van der Waals surface area contributed by atoms with E-state index in [0.717, 1.165) is 5.69 Å². The molecule has 1 aliphatic rings. The zero-order valence-electron chi connectivity index (χ0n) is 12.4. The highest BCUT2D eigenvalue weighted by molar-refractivity contribution is 6.36. The van der Waals surface area contributed by atoms with Crippen molar-refractivity contribution in [2.24, 2.45) is 5.10 Å². The van der Waals surface area contributed by atoms with Crippen molar-refractivity contribution in [1.29, 1.82) is 0 Å². The Hall–Kier alpha value is -2.44. The molecule has 0 bridgehead atoms. The number of hydrazone groups is 1. The third kappa shape index (κ3) is 4.10. The van der Waals surface area contributed by atoms with Crippen LogP contribution in [-0.4, -0.2) is 25.5 Å². The topological polar surface area (TPSA) is 72.0 Å². The van der Waals surface area contributed by atoms with Gasteiger partial charge in [-0.2, -0.15) is 5.10 Å². The number of nitrogens with one attached hydrogen (secondary N) is 2. The van der Waals surface area contributed by atoms with E-state index in [1.165, 1.54) is 6.21 Å². The highest BCUT2D eigenvalue weighted by atomic mass is 35.5. The molecular weight excluding hydrogens is 353 g/mol. The zero-order valence-corrected chi connectivity index (χ0v) is 13.9. The van der Waals surface area contributed by atoms with Crippen molar-refractivity contribution in [3.63, 3.8) is 0 Å². The van der Waals surface area contributed by atoms with Gasteiger partial charge in [0.1, 0.15) is 0 Å². The van der Waals surface area contributed by atoms with Gasteiger partial charge in [0, 0.05) is 22.3 Å². The lowest BCUT2D eigenvalue weighted by molar-refractivity contribution is -0.119. The minimum Gasteiger partial charge on any atom is -0.454 e. The Balaban J connectivity index is 1.50. The molecule has 0 unspecified atom stereocenters. The molecule has 8 heteroatoms. The van der Waals surface area contributed by atoms with E-state index in [0.29, 0.717) is 27.1 Å². The number of carbonyl (C=O) groups excluding carboxylic acids is 1. The van der Waals surface area contributed by atoms with E-state index in [1.54, 1.807) is 36.4 Å². The number of amides is 1. The number of ether oxygens (including phenoxy) is 2. The minimum atomic E-state index is -0.297. The molecule has 0 spiro atoms. The van der Waals surface area contributed by atoms with Gasteiger partial charge in [0.2, 0.25) is 6.79 Å². The maximum Gasteiger partial charge on any atom is 0.259 e. The Morgan fingerprint density at radius 1 is 1.17 bits per heavy atom. The molecule has 2 aromatic carbocycles. The Labute approximate surface area is 148 Å². The average Bonchev–Trinajstić information content (AvgIpc) is 3.02. The lowest BCUT2D eigenvalue weighted by atomic mass is 10.2. The number of halogens is 2. The first-order valence-electron chi connectivity index (χ1n) is 7.02. The molecule has 1 heterocycles. The van der Waals surface area contributed by atoms with Crippen molar-refractivity contribution in [2.45, 2.75) is 0 Å². The van der Waals surface area contributed by atoms with Gasteiger partial charge in [0.15, 0.2) is 11.5 Å². The van der Waals surface area contributed by atoms with Crippen LogP contribution >= 0.6 is 23.2 Å². The number of benzene rings is 2. The van der Waals surface area contributed by atoms with Crippen molar-refractivity contribution in [3.05, 3.63) is 52.0 Å². The van der Waals surface area contributed by atoms with Crippen LogP contribution in [0.3, 0.4) is 0 Å². The molecule has 24 heavy (non-hydrogen) atoms. The van der Waals surface area contributed by atoms with Crippen LogP contribution in [0.2, 0.25) is 10.0 Å². The molecule has 3 rings (SSSR count). The van der Waals surface area contributed by atoms with E-state index in [2.05, 4.69) is 15.8 Å². The van der Waals surface area contributed by atoms with E-state index in [1.807, 2.05) is 0 Å². The van der Waals surface area contributed by atoms with Gasteiger partial charge in [-0.3, -0.25) is 4.79 Å². The standard InChI is InChI=1S/C16H13Cl2N3O3/c17-11-2-1-10(13(18)5-11)7-20-21-16(22)8-19-12-3-4-14-15(6-12)24-9-23-14/h1-7,19H,8-9H2,(H,21,22)/b20-7-. The van der Waals surface area contributed by atoms with Crippen molar-refractivity contribution in [2.75, 3.05) is 18.7 Å². The summed E-state index contributed by atoms with van der Waals surface area (Å²) in [6.07, 6.45) is 1.46. The lowest BCUT2D eigenvalue weighted by Crippen LogP contribution is -2.25.